The van der Waals surface area contributed by atoms with E-state index >= 15 is 0 Å². The Hall–Kier alpha value is -3.06. The lowest BCUT2D eigenvalue weighted by atomic mass is 9.72. The van der Waals surface area contributed by atoms with E-state index in [2.05, 4.69) is 11.3 Å². The molecule has 7 nitrogen and oxygen atoms in total. The van der Waals surface area contributed by atoms with Crippen LogP contribution in [-0.4, -0.2) is 17.8 Å². The molecular weight excluding hydrogens is 362 g/mol. The van der Waals surface area contributed by atoms with Crippen LogP contribution in [0, 0.1) is 11.8 Å². The van der Waals surface area contributed by atoms with Gasteiger partial charge in [0.1, 0.15) is 0 Å². The maximum atomic E-state index is 12.9. The Labute approximate surface area is 158 Å². The second-order valence-corrected chi connectivity index (χ2v) is 7.20. The van der Waals surface area contributed by atoms with Crippen LogP contribution in [0.2, 0.25) is 0 Å². The van der Waals surface area contributed by atoms with E-state index in [0.29, 0.717) is 11.6 Å². The van der Waals surface area contributed by atoms with Gasteiger partial charge in [0.25, 0.3) is 11.1 Å². The number of hydrogen-bond donors (Lipinski definition) is 0. The van der Waals surface area contributed by atoms with Crippen molar-refractivity contribution < 1.29 is 9.15 Å². The zero-order valence-electron chi connectivity index (χ0n) is 15.7. The van der Waals surface area contributed by atoms with Gasteiger partial charge in [-0.15, -0.1) is 0 Å². The van der Waals surface area contributed by atoms with Crippen LogP contribution >= 0.6 is 0 Å². The third-order valence-electron chi connectivity index (χ3n) is 5.69. The third-order valence-corrected chi connectivity index (χ3v) is 5.69. The molecule has 1 saturated carbocycles. The van der Waals surface area contributed by atoms with Crippen molar-refractivity contribution in [2.24, 2.45) is 11.8 Å². The van der Waals surface area contributed by atoms with Crippen LogP contribution < -0.4 is 22.4 Å². The summed E-state index contributed by atoms with van der Waals surface area (Å²) in [7, 11) is 1.67. The molecule has 3 atom stereocenters. The lowest BCUT2D eigenvalue weighted by molar-refractivity contribution is -0.0338. The van der Waals surface area contributed by atoms with Gasteiger partial charge in [-0.3, -0.25) is 9.59 Å². The van der Waals surface area contributed by atoms with Crippen molar-refractivity contribution in [3.63, 3.8) is 0 Å². The Morgan fingerprint density at radius 1 is 1.07 bits per heavy atom. The Morgan fingerprint density at radius 3 is 2.11 bits per heavy atom. The smallest absolute Gasteiger partial charge is 0.346 e. The highest BCUT2D eigenvalue weighted by molar-refractivity contribution is 5.97. The number of methoxy groups -OCH3 is 1. The van der Waals surface area contributed by atoms with Crippen LogP contribution in [0.4, 0.5) is 0 Å². The molecule has 2 heterocycles. The van der Waals surface area contributed by atoms with Crippen LogP contribution in [0.1, 0.15) is 20.3 Å². The SMILES string of the molecule is C/C=C(\C=C/C1C(C)CC1OC)n1c(=O)c2cc3c(=O)oc(=O)c3cc2c1=O. The van der Waals surface area contributed by atoms with Gasteiger partial charge in [-0.2, -0.15) is 0 Å². The maximum absolute atomic E-state index is 12.9. The summed E-state index contributed by atoms with van der Waals surface area (Å²) in [6, 6.07) is 2.54. The summed E-state index contributed by atoms with van der Waals surface area (Å²) < 4.78 is 11.0. The number of fused-ring (bicyclic) bond motifs is 2. The number of ether oxygens (including phenoxy) is 1. The first-order chi connectivity index (χ1) is 13.4. The van der Waals surface area contributed by atoms with Crippen molar-refractivity contribution in [1.82, 2.24) is 4.57 Å². The standard InChI is InChI=1S/C21H19NO6/c1-4-11(5-6-12-10(2)7-17(12)27-3)22-18(23)13-8-15-16(9-14(13)19(22)24)21(26)28-20(15)25/h4-6,8-10,12,17H,7H2,1-3H3/b6-5-,11-4+. The minimum atomic E-state index is -0.808. The predicted octanol–water partition coefficient (Wildman–Crippen LogP) is 1.79. The highest BCUT2D eigenvalue weighted by Crippen LogP contribution is 2.37. The minimum absolute atomic E-state index is 0.00977. The predicted molar refractivity (Wildman–Crippen MR) is 106 cm³/mol. The van der Waals surface area contributed by atoms with Gasteiger partial charge in [0, 0.05) is 18.7 Å². The quantitative estimate of drug-likeness (QED) is 0.640. The molecule has 144 valence electrons. The molecule has 1 aliphatic carbocycles. The maximum Gasteiger partial charge on any atom is 0.346 e. The van der Waals surface area contributed by atoms with Gasteiger partial charge in [-0.05, 0) is 37.5 Å². The van der Waals surface area contributed by atoms with E-state index in [-0.39, 0.29) is 33.6 Å². The topological polar surface area (TPSA) is 95.6 Å². The number of allylic oxidation sites excluding steroid dienone is 3. The summed E-state index contributed by atoms with van der Waals surface area (Å²) >= 11 is 0. The fourth-order valence-corrected chi connectivity index (χ4v) is 3.98. The molecule has 0 spiro atoms. The molecule has 1 fully saturated rings. The first-order valence-electron chi connectivity index (χ1n) is 9.08. The molecule has 0 saturated heterocycles. The van der Waals surface area contributed by atoms with Crippen LogP contribution in [0.5, 0.6) is 0 Å². The number of hydrogen-bond acceptors (Lipinski definition) is 6. The Balaban J connectivity index is 1.86. The van der Waals surface area contributed by atoms with E-state index in [9.17, 15) is 19.2 Å². The molecule has 1 aromatic carbocycles. The summed E-state index contributed by atoms with van der Waals surface area (Å²) in [4.78, 5) is 49.3. The largest absolute Gasteiger partial charge is 0.386 e. The van der Waals surface area contributed by atoms with Gasteiger partial charge in [0.05, 0.1) is 27.6 Å². The normalized spacial score (nSPS) is 23.1. The van der Waals surface area contributed by atoms with Crippen LogP contribution in [0.3, 0.4) is 0 Å². The van der Waals surface area contributed by atoms with Crippen LogP contribution in [0.25, 0.3) is 27.2 Å². The molecule has 28 heavy (non-hydrogen) atoms. The molecular formula is C21H19NO6. The zero-order valence-corrected chi connectivity index (χ0v) is 15.7. The number of nitrogens with zero attached hydrogens (tertiary/aromatic N) is 1. The second-order valence-electron chi connectivity index (χ2n) is 7.20. The zero-order chi connectivity index (χ0) is 20.2. The molecule has 0 aliphatic heterocycles. The third kappa shape index (κ3) is 2.54. The van der Waals surface area contributed by atoms with Crippen LogP contribution in [0.15, 0.2) is 54.0 Å². The molecule has 4 rings (SSSR count). The molecule has 1 aliphatic rings. The van der Waals surface area contributed by atoms with Crippen molar-refractivity contribution in [2.45, 2.75) is 26.4 Å². The van der Waals surface area contributed by atoms with Gasteiger partial charge in [-0.1, -0.05) is 19.1 Å². The van der Waals surface area contributed by atoms with Crippen LogP contribution in [-0.2, 0) is 4.74 Å². The lowest BCUT2D eigenvalue weighted by Gasteiger charge is -2.40. The Kier molecular flexibility index (Phi) is 4.27. The molecule has 3 aromatic rings. The van der Waals surface area contributed by atoms with E-state index in [1.54, 1.807) is 26.2 Å². The lowest BCUT2D eigenvalue weighted by Crippen LogP contribution is -2.39. The molecule has 0 bridgehead atoms. The van der Waals surface area contributed by atoms with Gasteiger partial charge in [0.15, 0.2) is 0 Å². The molecule has 2 aromatic heterocycles. The fourth-order valence-electron chi connectivity index (χ4n) is 3.98. The van der Waals surface area contributed by atoms with E-state index < -0.39 is 22.4 Å². The summed E-state index contributed by atoms with van der Waals surface area (Å²) in [5, 5.41) is 0.205. The number of furan rings is 1. The van der Waals surface area contributed by atoms with Crippen molar-refractivity contribution >= 4 is 27.2 Å². The summed E-state index contributed by atoms with van der Waals surface area (Å²) in [6.07, 6.45) is 6.49. The molecule has 0 radical (unpaired) electrons. The van der Waals surface area contributed by atoms with Crippen molar-refractivity contribution in [1.29, 1.82) is 0 Å². The fraction of sp³-hybridized carbons (Fsp3) is 0.333. The second kappa shape index (κ2) is 6.53. The average Bonchev–Trinajstić information content (AvgIpc) is 3.09. The minimum Gasteiger partial charge on any atom is -0.386 e. The first-order valence-corrected chi connectivity index (χ1v) is 9.08. The summed E-state index contributed by atoms with van der Waals surface area (Å²) in [5.41, 5.74) is -2.24. The Morgan fingerprint density at radius 2 is 1.64 bits per heavy atom. The monoisotopic (exact) mass is 381 g/mol. The molecule has 7 heteroatoms. The first kappa shape index (κ1) is 18.3. The average molecular weight is 381 g/mol. The summed E-state index contributed by atoms with van der Waals surface area (Å²) in [5.74, 6) is 0.674. The molecule has 0 N–H and O–H groups in total. The van der Waals surface area contributed by atoms with E-state index in [0.717, 1.165) is 11.0 Å². The van der Waals surface area contributed by atoms with Crippen molar-refractivity contribution in [3.8, 4) is 0 Å². The van der Waals surface area contributed by atoms with Crippen molar-refractivity contribution in [2.75, 3.05) is 7.11 Å². The highest BCUT2D eigenvalue weighted by Gasteiger charge is 2.36. The van der Waals surface area contributed by atoms with E-state index in [1.807, 2.05) is 6.08 Å². The van der Waals surface area contributed by atoms with E-state index in [4.69, 9.17) is 4.74 Å². The summed E-state index contributed by atoms with van der Waals surface area (Å²) in [6.45, 7) is 3.86. The molecule has 3 unspecified atom stereocenters. The molecule has 0 amide bonds. The van der Waals surface area contributed by atoms with Gasteiger partial charge in [-0.25, -0.2) is 14.2 Å². The van der Waals surface area contributed by atoms with Gasteiger partial charge >= 0.3 is 11.3 Å². The number of aromatic nitrogens is 1. The van der Waals surface area contributed by atoms with Gasteiger partial charge < -0.3 is 9.15 Å². The Bertz CT molecular complexity index is 1270. The number of rotatable bonds is 4. The number of benzene rings is 1. The highest BCUT2D eigenvalue weighted by atomic mass is 16.5. The van der Waals surface area contributed by atoms with E-state index in [1.165, 1.54) is 12.1 Å². The van der Waals surface area contributed by atoms with Crippen molar-refractivity contribution in [3.05, 3.63) is 71.9 Å². The van der Waals surface area contributed by atoms with Gasteiger partial charge in [0.2, 0.25) is 0 Å².